The van der Waals surface area contributed by atoms with Gasteiger partial charge in [0.25, 0.3) is 0 Å². The summed E-state index contributed by atoms with van der Waals surface area (Å²) in [7, 11) is 3.30. The third-order valence-electron chi connectivity index (χ3n) is 4.38. The summed E-state index contributed by atoms with van der Waals surface area (Å²) in [5, 5.41) is 0. The second-order valence-electron chi connectivity index (χ2n) is 5.82. The molecular formula is C23H22O2. The number of ether oxygens (including phenoxy) is 2. The van der Waals surface area contributed by atoms with Crippen LogP contribution in [0.5, 0.6) is 11.5 Å². The lowest BCUT2D eigenvalue weighted by atomic mass is 9.90. The molecule has 0 aromatic heterocycles. The van der Waals surface area contributed by atoms with Crippen molar-refractivity contribution in [2.45, 2.75) is 5.92 Å². The summed E-state index contributed by atoms with van der Waals surface area (Å²) in [5.41, 5.74) is 4.75. The van der Waals surface area contributed by atoms with E-state index in [1.165, 1.54) is 16.7 Å². The summed E-state index contributed by atoms with van der Waals surface area (Å²) in [5.74, 6) is 1.56. The Balaban J connectivity index is 1.92. The molecule has 1 unspecified atom stereocenters. The van der Waals surface area contributed by atoms with Crippen LogP contribution in [0.4, 0.5) is 0 Å². The number of hydrogen-bond donors (Lipinski definition) is 0. The van der Waals surface area contributed by atoms with Gasteiger partial charge < -0.3 is 9.47 Å². The smallest absolute Gasteiger partial charge is 0.161 e. The van der Waals surface area contributed by atoms with Gasteiger partial charge in [-0.2, -0.15) is 0 Å². The number of allylic oxidation sites excluding steroid dienone is 1. The van der Waals surface area contributed by atoms with Gasteiger partial charge in [0.1, 0.15) is 0 Å². The maximum absolute atomic E-state index is 5.43. The van der Waals surface area contributed by atoms with Crippen LogP contribution >= 0.6 is 0 Å². The summed E-state index contributed by atoms with van der Waals surface area (Å²) in [6.45, 7) is 4.02. The monoisotopic (exact) mass is 330 g/mol. The van der Waals surface area contributed by atoms with Crippen LogP contribution in [0, 0.1) is 0 Å². The topological polar surface area (TPSA) is 18.5 Å². The van der Waals surface area contributed by atoms with Crippen molar-refractivity contribution in [2.24, 2.45) is 0 Å². The minimum atomic E-state index is 0.102. The molecule has 3 aromatic rings. The molecule has 0 heterocycles. The Hall–Kier alpha value is -3.00. The Morgan fingerprint density at radius 2 is 1.32 bits per heavy atom. The number of rotatable bonds is 6. The number of benzene rings is 3. The Bertz CT molecular complexity index is 836. The fraction of sp³-hybridized carbons (Fsp3) is 0.130. The SMILES string of the molecule is C=CC(c1ccc(-c2ccccc2)cc1)c1ccc(OC)c(OC)c1. The average Bonchev–Trinajstić information content (AvgIpc) is 2.69. The molecule has 0 saturated heterocycles. The highest BCUT2D eigenvalue weighted by atomic mass is 16.5. The zero-order chi connectivity index (χ0) is 17.6. The second kappa shape index (κ2) is 7.71. The molecule has 1 atom stereocenters. The highest BCUT2D eigenvalue weighted by Crippen LogP contribution is 2.34. The van der Waals surface area contributed by atoms with E-state index < -0.39 is 0 Å². The molecule has 0 radical (unpaired) electrons. The van der Waals surface area contributed by atoms with Gasteiger partial charge in [0.2, 0.25) is 0 Å². The molecule has 126 valence electrons. The van der Waals surface area contributed by atoms with Gasteiger partial charge in [-0.15, -0.1) is 6.58 Å². The van der Waals surface area contributed by atoms with E-state index in [1.54, 1.807) is 14.2 Å². The molecular weight excluding hydrogens is 308 g/mol. The van der Waals surface area contributed by atoms with Crippen molar-refractivity contribution in [3.63, 3.8) is 0 Å². The van der Waals surface area contributed by atoms with E-state index >= 15 is 0 Å². The van der Waals surface area contributed by atoms with Gasteiger partial charge in [0.05, 0.1) is 14.2 Å². The Labute approximate surface area is 149 Å². The van der Waals surface area contributed by atoms with Crippen LogP contribution in [0.1, 0.15) is 17.0 Å². The molecule has 2 heteroatoms. The summed E-state index contributed by atoms with van der Waals surface area (Å²) in [6.07, 6.45) is 1.96. The van der Waals surface area contributed by atoms with Crippen molar-refractivity contribution in [2.75, 3.05) is 14.2 Å². The predicted octanol–water partition coefficient (Wildman–Crippen LogP) is 5.69. The van der Waals surface area contributed by atoms with E-state index in [0.29, 0.717) is 0 Å². The van der Waals surface area contributed by atoms with E-state index in [1.807, 2.05) is 24.3 Å². The van der Waals surface area contributed by atoms with Gasteiger partial charge in [-0.3, -0.25) is 0 Å². The standard InChI is InChI=1S/C23H22O2/c1-4-21(20-14-15-22(24-2)23(16-20)25-3)19-12-10-18(11-13-19)17-8-6-5-7-9-17/h4-16,21H,1H2,2-3H3. The number of hydrogen-bond acceptors (Lipinski definition) is 2. The molecule has 3 rings (SSSR count). The first-order valence-electron chi connectivity index (χ1n) is 8.26. The maximum Gasteiger partial charge on any atom is 0.161 e. The summed E-state index contributed by atoms with van der Waals surface area (Å²) in [4.78, 5) is 0. The van der Waals surface area contributed by atoms with Crippen molar-refractivity contribution in [1.29, 1.82) is 0 Å². The summed E-state index contributed by atoms with van der Waals surface area (Å²) < 4.78 is 10.7. The van der Waals surface area contributed by atoms with Crippen LogP contribution in [-0.4, -0.2) is 14.2 Å². The van der Waals surface area contributed by atoms with Crippen molar-refractivity contribution in [1.82, 2.24) is 0 Å². The lowest BCUT2D eigenvalue weighted by molar-refractivity contribution is 0.354. The molecule has 2 nitrogen and oxygen atoms in total. The average molecular weight is 330 g/mol. The summed E-state index contributed by atoms with van der Waals surface area (Å²) in [6, 6.07) is 25.0. The molecule has 25 heavy (non-hydrogen) atoms. The molecule has 0 bridgehead atoms. The molecule has 0 fully saturated rings. The van der Waals surface area contributed by atoms with Gasteiger partial charge in [-0.25, -0.2) is 0 Å². The fourth-order valence-corrected chi connectivity index (χ4v) is 3.02. The molecule has 3 aromatic carbocycles. The van der Waals surface area contributed by atoms with E-state index in [9.17, 15) is 0 Å². The van der Waals surface area contributed by atoms with Gasteiger partial charge in [0.15, 0.2) is 11.5 Å². The van der Waals surface area contributed by atoms with Crippen LogP contribution in [0.2, 0.25) is 0 Å². The van der Waals surface area contributed by atoms with Gasteiger partial charge in [-0.05, 0) is 34.4 Å². The lowest BCUT2D eigenvalue weighted by Crippen LogP contribution is -1.99. The zero-order valence-electron chi connectivity index (χ0n) is 14.6. The van der Waals surface area contributed by atoms with Gasteiger partial charge in [0, 0.05) is 5.92 Å². The van der Waals surface area contributed by atoms with Crippen molar-refractivity contribution in [3.8, 4) is 22.6 Å². The van der Waals surface area contributed by atoms with Crippen LogP contribution in [-0.2, 0) is 0 Å². The largest absolute Gasteiger partial charge is 0.493 e. The third kappa shape index (κ3) is 3.58. The third-order valence-corrected chi connectivity index (χ3v) is 4.38. The van der Waals surface area contributed by atoms with Gasteiger partial charge >= 0.3 is 0 Å². The highest BCUT2D eigenvalue weighted by molar-refractivity contribution is 5.64. The Kier molecular flexibility index (Phi) is 5.20. The normalized spacial score (nSPS) is 11.6. The lowest BCUT2D eigenvalue weighted by Gasteiger charge is -2.16. The quantitative estimate of drug-likeness (QED) is 0.541. The first-order chi connectivity index (χ1) is 12.3. The molecule has 0 saturated carbocycles. The minimum absolute atomic E-state index is 0.102. The number of methoxy groups -OCH3 is 2. The first kappa shape index (κ1) is 16.8. The molecule has 0 amide bonds. The highest BCUT2D eigenvalue weighted by Gasteiger charge is 2.14. The molecule has 0 spiro atoms. The van der Waals surface area contributed by atoms with Crippen LogP contribution in [0.15, 0.2) is 85.5 Å². The van der Waals surface area contributed by atoms with Crippen LogP contribution < -0.4 is 9.47 Å². The van der Waals surface area contributed by atoms with Crippen molar-refractivity contribution >= 4 is 0 Å². The van der Waals surface area contributed by atoms with Crippen LogP contribution in [0.25, 0.3) is 11.1 Å². The maximum atomic E-state index is 5.43. The predicted molar refractivity (Wildman–Crippen MR) is 103 cm³/mol. The van der Waals surface area contributed by atoms with E-state index in [4.69, 9.17) is 9.47 Å². The molecule has 0 aliphatic carbocycles. The summed E-state index contributed by atoms with van der Waals surface area (Å²) >= 11 is 0. The zero-order valence-corrected chi connectivity index (χ0v) is 14.6. The first-order valence-corrected chi connectivity index (χ1v) is 8.26. The molecule has 0 aliphatic heterocycles. The van der Waals surface area contributed by atoms with E-state index in [-0.39, 0.29) is 5.92 Å². The van der Waals surface area contributed by atoms with Crippen molar-refractivity contribution < 1.29 is 9.47 Å². The van der Waals surface area contributed by atoms with E-state index in [2.05, 4.69) is 61.2 Å². The van der Waals surface area contributed by atoms with Gasteiger partial charge in [-0.1, -0.05) is 66.7 Å². The molecule has 0 aliphatic rings. The fourth-order valence-electron chi connectivity index (χ4n) is 3.02. The Morgan fingerprint density at radius 3 is 1.92 bits per heavy atom. The van der Waals surface area contributed by atoms with E-state index in [0.717, 1.165) is 17.1 Å². The Morgan fingerprint density at radius 1 is 0.720 bits per heavy atom. The molecule has 0 N–H and O–H groups in total. The van der Waals surface area contributed by atoms with Crippen LogP contribution in [0.3, 0.4) is 0 Å². The second-order valence-corrected chi connectivity index (χ2v) is 5.82. The van der Waals surface area contributed by atoms with Crippen molar-refractivity contribution in [3.05, 3.63) is 96.6 Å². The minimum Gasteiger partial charge on any atom is -0.493 e.